The Kier molecular flexibility index (Phi) is 8.58. The zero-order valence-corrected chi connectivity index (χ0v) is 14.0. The SMILES string of the molecule is O=C(OCCOCCCCCCc1ccccc1)c1cccnc1. The van der Waals surface area contributed by atoms with Crippen molar-refractivity contribution in [1.82, 2.24) is 4.98 Å². The first kappa shape index (κ1) is 18.1. The van der Waals surface area contributed by atoms with E-state index in [1.165, 1.54) is 31.0 Å². The molecule has 0 aliphatic heterocycles. The van der Waals surface area contributed by atoms with Crippen molar-refractivity contribution in [2.24, 2.45) is 0 Å². The zero-order valence-electron chi connectivity index (χ0n) is 14.0. The molecule has 1 aromatic heterocycles. The minimum atomic E-state index is -0.354. The molecule has 0 unspecified atom stereocenters. The molecule has 0 bridgehead atoms. The molecule has 4 nitrogen and oxygen atoms in total. The van der Waals surface area contributed by atoms with E-state index in [2.05, 4.69) is 35.3 Å². The average Bonchev–Trinajstić information content (AvgIpc) is 2.64. The van der Waals surface area contributed by atoms with Crippen LogP contribution in [0.25, 0.3) is 0 Å². The van der Waals surface area contributed by atoms with Crippen molar-refractivity contribution in [2.75, 3.05) is 19.8 Å². The number of hydrogen-bond acceptors (Lipinski definition) is 4. The zero-order chi connectivity index (χ0) is 16.9. The van der Waals surface area contributed by atoms with Crippen LogP contribution in [-0.4, -0.2) is 30.8 Å². The predicted octanol–water partition coefficient (Wildman–Crippen LogP) is 4.06. The van der Waals surface area contributed by atoms with Gasteiger partial charge < -0.3 is 9.47 Å². The van der Waals surface area contributed by atoms with Crippen molar-refractivity contribution >= 4 is 5.97 Å². The number of rotatable bonds is 11. The molecule has 0 aliphatic rings. The fourth-order valence-electron chi connectivity index (χ4n) is 2.39. The van der Waals surface area contributed by atoms with Gasteiger partial charge in [0.1, 0.15) is 6.61 Å². The molecule has 0 aliphatic carbocycles. The van der Waals surface area contributed by atoms with Crippen LogP contribution in [0.1, 0.15) is 41.6 Å². The van der Waals surface area contributed by atoms with Gasteiger partial charge in [0.15, 0.2) is 0 Å². The van der Waals surface area contributed by atoms with Gasteiger partial charge in [-0.05, 0) is 37.0 Å². The molecule has 0 radical (unpaired) electrons. The molecule has 0 saturated carbocycles. The summed E-state index contributed by atoms with van der Waals surface area (Å²) in [5.74, 6) is -0.354. The van der Waals surface area contributed by atoms with E-state index in [-0.39, 0.29) is 12.6 Å². The Morgan fingerprint density at radius 1 is 0.875 bits per heavy atom. The summed E-state index contributed by atoms with van der Waals surface area (Å²) >= 11 is 0. The summed E-state index contributed by atoms with van der Waals surface area (Å²) in [6.45, 7) is 1.44. The van der Waals surface area contributed by atoms with Crippen molar-refractivity contribution in [1.29, 1.82) is 0 Å². The summed E-state index contributed by atoms with van der Waals surface area (Å²) in [6, 6.07) is 14.0. The van der Waals surface area contributed by atoms with Crippen LogP contribution in [0.2, 0.25) is 0 Å². The van der Waals surface area contributed by atoms with Gasteiger partial charge in [-0.3, -0.25) is 4.98 Å². The lowest BCUT2D eigenvalue weighted by atomic mass is 10.1. The number of ether oxygens (including phenoxy) is 2. The topological polar surface area (TPSA) is 48.4 Å². The largest absolute Gasteiger partial charge is 0.460 e. The van der Waals surface area contributed by atoms with Crippen molar-refractivity contribution < 1.29 is 14.3 Å². The highest BCUT2D eigenvalue weighted by Gasteiger charge is 2.05. The molecule has 2 aromatic rings. The van der Waals surface area contributed by atoms with Gasteiger partial charge in [0.25, 0.3) is 0 Å². The van der Waals surface area contributed by atoms with Gasteiger partial charge in [0, 0.05) is 19.0 Å². The van der Waals surface area contributed by atoms with Crippen LogP contribution in [0.15, 0.2) is 54.9 Å². The lowest BCUT2D eigenvalue weighted by molar-refractivity contribution is 0.0312. The third kappa shape index (κ3) is 7.38. The summed E-state index contributed by atoms with van der Waals surface area (Å²) in [4.78, 5) is 15.5. The van der Waals surface area contributed by atoms with Crippen LogP contribution in [0, 0.1) is 0 Å². The summed E-state index contributed by atoms with van der Waals surface area (Å²) in [5.41, 5.74) is 1.88. The number of carbonyl (C=O) groups excluding carboxylic acids is 1. The summed E-state index contributed by atoms with van der Waals surface area (Å²) < 4.78 is 10.6. The van der Waals surface area contributed by atoms with Gasteiger partial charge in [-0.1, -0.05) is 43.2 Å². The van der Waals surface area contributed by atoms with Crippen LogP contribution < -0.4 is 0 Å². The van der Waals surface area contributed by atoms with Gasteiger partial charge in [-0.15, -0.1) is 0 Å². The Hall–Kier alpha value is -2.20. The quantitative estimate of drug-likeness (QED) is 0.461. The molecule has 0 N–H and O–H groups in total. The molecule has 128 valence electrons. The lowest BCUT2D eigenvalue weighted by Crippen LogP contribution is -2.11. The predicted molar refractivity (Wildman–Crippen MR) is 94.0 cm³/mol. The van der Waals surface area contributed by atoms with Crippen LogP contribution in [0.3, 0.4) is 0 Å². The molecule has 4 heteroatoms. The highest BCUT2D eigenvalue weighted by molar-refractivity contribution is 5.88. The first-order chi connectivity index (χ1) is 11.9. The van der Waals surface area contributed by atoms with Crippen LogP contribution >= 0.6 is 0 Å². The fourth-order valence-corrected chi connectivity index (χ4v) is 2.39. The minimum absolute atomic E-state index is 0.279. The van der Waals surface area contributed by atoms with Gasteiger partial charge in [0.2, 0.25) is 0 Å². The molecular weight excluding hydrogens is 302 g/mol. The number of esters is 1. The molecular formula is C20H25NO3. The standard InChI is InChI=1S/C20H25NO3/c22-20(19-12-8-13-21-17-19)24-16-15-23-14-7-2-1-4-9-18-10-5-3-6-11-18/h3,5-6,8,10-13,17H,1-2,4,7,9,14-16H2. The maximum atomic E-state index is 11.7. The Morgan fingerprint density at radius 2 is 1.71 bits per heavy atom. The molecule has 1 aromatic carbocycles. The first-order valence-electron chi connectivity index (χ1n) is 8.55. The highest BCUT2D eigenvalue weighted by atomic mass is 16.6. The van der Waals surface area contributed by atoms with Crippen molar-refractivity contribution in [2.45, 2.75) is 32.1 Å². The number of hydrogen-bond donors (Lipinski definition) is 0. The summed E-state index contributed by atoms with van der Waals surface area (Å²) in [5, 5.41) is 0. The maximum absolute atomic E-state index is 11.7. The Morgan fingerprint density at radius 3 is 2.50 bits per heavy atom. The van der Waals surface area contributed by atoms with E-state index in [1.807, 2.05) is 0 Å². The van der Waals surface area contributed by atoms with E-state index in [0.717, 1.165) is 19.4 Å². The van der Waals surface area contributed by atoms with E-state index in [4.69, 9.17) is 9.47 Å². The van der Waals surface area contributed by atoms with Gasteiger partial charge >= 0.3 is 5.97 Å². The number of nitrogens with zero attached hydrogens (tertiary/aromatic N) is 1. The van der Waals surface area contributed by atoms with E-state index >= 15 is 0 Å². The molecule has 2 rings (SSSR count). The molecule has 0 atom stereocenters. The average molecular weight is 327 g/mol. The minimum Gasteiger partial charge on any atom is -0.460 e. The third-order valence-electron chi connectivity index (χ3n) is 3.71. The second-order valence-corrected chi connectivity index (χ2v) is 5.64. The van der Waals surface area contributed by atoms with Gasteiger partial charge in [0.05, 0.1) is 12.2 Å². The van der Waals surface area contributed by atoms with Crippen molar-refractivity contribution in [3.8, 4) is 0 Å². The van der Waals surface area contributed by atoms with Crippen LogP contribution in [0.4, 0.5) is 0 Å². The first-order valence-corrected chi connectivity index (χ1v) is 8.55. The Bertz CT molecular complexity index is 572. The number of carbonyl (C=O) groups is 1. The second-order valence-electron chi connectivity index (χ2n) is 5.64. The van der Waals surface area contributed by atoms with Gasteiger partial charge in [-0.2, -0.15) is 0 Å². The van der Waals surface area contributed by atoms with Crippen molar-refractivity contribution in [3.63, 3.8) is 0 Å². The monoisotopic (exact) mass is 327 g/mol. The smallest absolute Gasteiger partial charge is 0.339 e. The van der Waals surface area contributed by atoms with E-state index < -0.39 is 0 Å². The molecule has 1 heterocycles. The molecule has 24 heavy (non-hydrogen) atoms. The lowest BCUT2D eigenvalue weighted by Gasteiger charge is -2.06. The van der Waals surface area contributed by atoms with Crippen LogP contribution in [-0.2, 0) is 15.9 Å². The highest BCUT2D eigenvalue weighted by Crippen LogP contribution is 2.07. The number of benzene rings is 1. The molecule has 0 amide bonds. The van der Waals surface area contributed by atoms with Gasteiger partial charge in [-0.25, -0.2) is 4.79 Å². The van der Waals surface area contributed by atoms with Crippen LogP contribution in [0.5, 0.6) is 0 Å². The molecule has 0 spiro atoms. The Labute approximate surface area is 143 Å². The maximum Gasteiger partial charge on any atom is 0.339 e. The second kappa shape index (κ2) is 11.4. The normalized spacial score (nSPS) is 10.5. The van der Waals surface area contributed by atoms with E-state index in [1.54, 1.807) is 18.3 Å². The Balaban J connectivity index is 1.40. The van der Waals surface area contributed by atoms with E-state index in [9.17, 15) is 4.79 Å². The van der Waals surface area contributed by atoms with Crippen molar-refractivity contribution in [3.05, 3.63) is 66.0 Å². The molecule has 0 fully saturated rings. The molecule has 0 saturated heterocycles. The van der Waals surface area contributed by atoms with E-state index in [0.29, 0.717) is 12.2 Å². The number of aryl methyl sites for hydroxylation is 1. The number of pyridine rings is 1. The summed E-state index contributed by atoms with van der Waals surface area (Å²) in [7, 11) is 0. The number of unbranched alkanes of at least 4 members (excludes halogenated alkanes) is 3. The fraction of sp³-hybridized carbons (Fsp3) is 0.400. The summed E-state index contributed by atoms with van der Waals surface area (Å²) in [6.07, 6.45) is 8.92. The number of aromatic nitrogens is 1. The third-order valence-corrected chi connectivity index (χ3v) is 3.71.